The van der Waals surface area contributed by atoms with E-state index in [1.54, 1.807) is 6.07 Å². The molecule has 6 heteroatoms. The van der Waals surface area contributed by atoms with Gasteiger partial charge < -0.3 is 10.2 Å². The number of hydrogen-bond donors (Lipinski definition) is 1. The molecule has 0 spiro atoms. The molecule has 0 radical (unpaired) electrons. The Hall–Kier alpha value is -1.30. The summed E-state index contributed by atoms with van der Waals surface area (Å²) in [5.74, 6) is 0.363. The molecule has 1 rings (SSSR count). The molecule has 1 heterocycles. The van der Waals surface area contributed by atoms with Gasteiger partial charge in [-0.15, -0.1) is 0 Å². The van der Waals surface area contributed by atoms with Crippen LogP contribution in [0, 0.1) is 0 Å². The quantitative estimate of drug-likeness (QED) is 0.872. The Bertz CT molecular complexity index is 430. The Balaban J connectivity index is 2.92. The van der Waals surface area contributed by atoms with Crippen molar-refractivity contribution in [1.82, 2.24) is 10.3 Å². The van der Waals surface area contributed by atoms with E-state index in [0.29, 0.717) is 24.8 Å². The Morgan fingerprint density at radius 3 is 2.45 bits per heavy atom. The summed E-state index contributed by atoms with van der Waals surface area (Å²) in [5.41, 5.74) is 1.76. The monoisotopic (exact) mass is 289 g/mol. The molecule has 0 aliphatic heterocycles. The number of alkyl halides is 3. The zero-order chi connectivity index (χ0) is 15.3. The van der Waals surface area contributed by atoms with Crippen LogP contribution in [0.2, 0.25) is 0 Å². The summed E-state index contributed by atoms with van der Waals surface area (Å²) in [6.45, 7) is 5.62. The van der Waals surface area contributed by atoms with Crippen LogP contribution >= 0.6 is 0 Å². The van der Waals surface area contributed by atoms with Crippen molar-refractivity contribution in [2.24, 2.45) is 0 Å². The zero-order valence-corrected chi connectivity index (χ0v) is 12.4. The average molecular weight is 289 g/mol. The van der Waals surface area contributed by atoms with Crippen molar-refractivity contribution in [3.63, 3.8) is 0 Å². The molecule has 114 valence electrons. The fraction of sp³-hybridized carbons (Fsp3) is 0.643. The Labute approximate surface area is 118 Å². The van der Waals surface area contributed by atoms with Crippen molar-refractivity contribution in [3.8, 4) is 0 Å². The van der Waals surface area contributed by atoms with E-state index in [1.807, 2.05) is 26.8 Å². The molecule has 0 aromatic carbocycles. The maximum absolute atomic E-state index is 12.4. The van der Waals surface area contributed by atoms with E-state index in [0.717, 1.165) is 16.2 Å². The highest BCUT2D eigenvalue weighted by Crippen LogP contribution is 2.21. The first-order chi connectivity index (χ1) is 9.21. The minimum Gasteiger partial charge on any atom is -0.351 e. The first kappa shape index (κ1) is 16.8. The second kappa shape index (κ2) is 6.92. The maximum atomic E-state index is 12.4. The molecule has 0 aliphatic rings. The molecule has 20 heavy (non-hydrogen) atoms. The summed E-state index contributed by atoms with van der Waals surface area (Å²) >= 11 is 0. The lowest BCUT2D eigenvalue weighted by Crippen LogP contribution is -2.31. The molecule has 0 aliphatic carbocycles. The molecule has 1 aromatic rings. The van der Waals surface area contributed by atoms with Gasteiger partial charge in [-0.3, -0.25) is 0 Å². The van der Waals surface area contributed by atoms with Gasteiger partial charge in [-0.25, -0.2) is 4.98 Å². The highest BCUT2D eigenvalue weighted by atomic mass is 19.4. The lowest BCUT2D eigenvalue weighted by atomic mass is 10.2. The minimum absolute atomic E-state index is 0.324. The largest absolute Gasteiger partial charge is 0.405 e. The molecule has 1 aromatic heterocycles. The van der Waals surface area contributed by atoms with Crippen molar-refractivity contribution in [1.29, 1.82) is 0 Å². The standard InChI is InChI=1S/C14H22F3N3/c1-5-12-6-11(8-18-10(2)3)7-13(19-12)20(4)9-14(15,16)17/h6-7,10,18H,5,8-9H2,1-4H3. The summed E-state index contributed by atoms with van der Waals surface area (Å²) in [4.78, 5) is 5.40. The van der Waals surface area contributed by atoms with Crippen LogP contribution in [0.15, 0.2) is 12.1 Å². The number of aromatic nitrogens is 1. The number of anilines is 1. The lowest BCUT2D eigenvalue weighted by Gasteiger charge is -2.21. The van der Waals surface area contributed by atoms with E-state index in [1.165, 1.54) is 7.05 Å². The van der Waals surface area contributed by atoms with Crippen LogP contribution in [0.5, 0.6) is 0 Å². The third-order valence-corrected chi connectivity index (χ3v) is 2.81. The van der Waals surface area contributed by atoms with E-state index in [4.69, 9.17) is 0 Å². The van der Waals surface area contributed by atoms with Crippen molar-refractivity contribution in [2.75, 3.05) is 18.5 Å². The predicted octanol–water partition coefficient (Wildman–Crippen LogP) is 3.14. The van der Waals surface area contributed by atoms with Crippen LogP contribution in [-0.2, 0) is 13.0 Å². The van der Waals surface area contributed by atoms with Gasteiger partial charge in [-0.2, -0.15) is 13.2 Å². The van der Waals surface area contributed by atoms with Crippen LogP contribution < -0.4 is 10.2 Å². The molecular formula is C14H22F3N3. The second-order valence-corrected chi connectivity index (χ2v) is 5.19. The van der Waals surface area contributed by atoms with Crippen LogP contribution in [0.3, 0.4) is 0 Å². The molecule has 0 atom stereocenters. The number of rotatable bonds is 6. The molecule has 0 saturated heterocycles. The van der Waals surface area contributed by atoms with E-state index in [9.17, 15) is 13.2 Å². The summed E-state index contributed by atoms with van der Waals surface area (Å²) in [6, 6.07) is 3.96. The molecule has 0 amide bonds. The predicted molar refractivity (Wildman–Crippen MR) is 74.9 cm³/mol. The van der Waals surface area contributed by atoms with Gasteiger partial charge in [0.15, 0.2) is 0 Å². The molecule has 0 unspecified atom stereocenters. The number of halogens is 3. The normalized spacial score (nSPS) is 12.0. The highest BCUT2D eigenvalue weighted by molar-refractivity contribution is 5.42. The second-order valence-electron chi connectivity index (χ2n) is 5.19. The molecule has 1 N–H and O–H groups in total. The van der Waals surface area contributed by atoms with Crippen LogP contribution in [0.4, 0.5) is 19.0 Å². The fourth-order valence-corrected chi connectivity index (χ4v) is 1.78. The van der Waals surface area contributed by atoms with Crippen LogP contribution in [0.25, 0.3) is 0 Å². The lowest BCUT2D eigenvalue weighted by molar-refractivity contribution is -0.119. The van der Waals surface area contributed by atoms with E-state index in [-0.39, 0.29) is 0 Å². The Morgan fingerprint density at radius 2 is 1.95 bits per heavy atom. The topological polar surface area (TPSA) is 28.2 Å². The number of hydrogen-bond acceptors (Lipinski definition) is 3. The summed E-state index contributed by atoms with van der Waals surface area (Å²) < 4.78 is 37.3. The van der Waals surface area contributed by atoms with Crippen molar-refractivity contribution in [2.45, 2.75) is 46.0 Å². The zero-order valence-electron chi connectivity index (χ0n) is 12.4. The first-order valence-corrected chi connectivity index (χ1v) is 6.72. The highest BCUT2D eigenvalue weighted by Gasteiger charge is 2.29. The fourth-order valence-electron chi connectivity index (χ4n) is 1.78. The molecule has 0 bridgehead atoms. The summed E-state index contributed by atoms with van der Waals surface area (Å²) in [6.07, 6.45) is -3.53. The van der Waals surface area contributed by atoms with Gasteiger partial charge in [-0.05, 0) is 24.1 Å². The van der Waals surface area contributed by atoms with Crippen molar-refractivity contribution in [3.05, 3.63) is 23.4 Å². The van der Waals surface area contributed by atoms with E-state index in [2.05, 4.69) is 10.3 Å². The maximum Gasteiger partial charge on any atom is 0.405 e. The van der Waals surface area contributed by atoms with Gasteiger partial charge in [0.05, 0.1) is 0 Å². The van der Waals surface area contributed by atoms with Gasteiger partial charge >= 0.3 is 6.18 Å². The van der Waals surface area contributed by atoms with E-state index < -0.39 is 12.7 Å². The number of pyridine rings is 1. The van der Waals surface area contributed by atoms with Crippen LogP contribution in [0.1, 0.15) is 32.0 Å². The number of nitrogens with zero attached hydrogens (tertiary/aromatic N) is 2. The minimum atomic E-state index is -4.23. The number of aryl methyl sites for hydroxylation is 1. The van der Waals surface area contributed by atoms with Gasteiger partial charge in [0.2, 0.25) is 0 Å². The van der Waals surface area contributed by atoms with Gasteiger partial charge in [0, 0.05) is 25.3 Å². The smallest absolute Gasteiger partial charge is 0.351 e. The summed E-state index contributed by atoms with van der Waals surface area (Å²) in [7, 11) is 1.41. The van der Waals surface area contributed by atoms with Gasteiger partial charge in [-0.1, -0.05) is 20.8 Å². The Morgan fingerprint density at radius 1 is 1.30 bits per heavy atom. The average Bonchev–Trinajstić information content (AvgIpc) is 2.33. The summed E-state index contributed by atoms with van der Waals surface area (Å²) in [5, 5.41) is 3.26. The molecular weight excluding hydrogens is 267 g/mol. The first-order valence-electron chi connectivity index (χ1n) is 6.72. The van der Waals surface area contributed by atoms with Gasteiger partial charge in [0.25, 0.3) is 0 Å². The molecule has 3 nitrogen and oxygen atoms in total. The Kier molecular flexibility index (Phi) is 5.80. The van der Waals surface area contributed by atoms with E-state index >= 15 is 0 Å². The molecule has 0 fully saturated rings. The third-order valence-electron chi connectivity index (χ3n) is 2.81. The van der Waals surface area contributed by atoms with Crippen LogP contribution in [-0.4, -0.2) is 30.8 Å². The molecule has 0 saturated carbocycles. The third kappa shape index (κ3) is 5.77. The van der Waals surface area contributed by atoms with Gasteiger partial charge in [0.1, 0.15) is 12.4 Å². The SMILES string of the molecule is CCc1cc(CNC(C)C)cc(N(C)CC(F)(F)F)n1. The van der Waals surface area contributed by atoms with Crippen molar-refractivity contribution < 1.29 is 13.2 Å². The van der Waals surface area contributed by atoms with Crippen molar-refractivity contribution >= 4 is 5.82 Å². The number of nitrogens with one attached hydrogen (secondary N) is 1.